The minimum atomic E-state index is -3.82. The number of amides is 3. The maximum Gasteiger partial charge on any atom is 0.257 e. The third kappa shape index (κ3) is 4.36. The lowest BCUT2D eigenvalue weighted by atomic mass is 10.1. The van der Waals surface area contributed by atoms with Crippen LogP contribution in [0.25, 0.3) is 0 Å². The summed E-state index contributed by atoms with van der Waals surface area (Å²) in [5, 5.41) is 5.10. The van der Waals surface area contributed by atoms with Crippen molar-refractivity contribution in [3.8, 4) is 0 Å². The van der Waals surface area contributed by atoms with Gasteiger partial charge < -0.3 is 4.90 Å². The van der Waals surface area contributed by atoms with Crippen LogP contribution in [0.2, 0.25) is 0 Å². The fraction of sp³-hybridized carbons (Fsp3) is 0.250. The van der Waals surface area contributed by atoms with Crippen molar-refractivity contribution in [1.29, 1.82) is 0 Å². The summed E-state index contributed by atoms with van der Waals surface area (Å²) >= 11 is 0. The van der Waals surface area contributed by atoms with Crippen LogP contribution in [0.5, 0.6) is 0 Å². The second-order valence-electron chi connectivity index (χ2n) is 6.69. The van der Waals surface area contributed by atoms with Crippen LogP contribution in [-0.4, -0.2) is 37.1 Å². The summed E-state index contributed by atoms with van der Waals surface area (Å²) < 4.78 is 22.8. The Labute approximate surface area is 169 Å². The third-order valence-corrected chi connectivity index (χ3v) is 5.67. The molecule has 2 N–H and O–H groups in total. The number of anilines is 1. The molecule has 0 bridgehead atoms. The Hall–Kier alpha value is -3.04. The first kappa shape index (κ1) is 20.7. The lowest BCUT2D eigenvalue weighted by Crippen LogP contribution is -2.44. The smallest absolute Gasteiger partial charge is 0.257 e. The number of rotatable bonds is 6. The molecule has 1 aliphatic heterocycles. The van der Waals surface area contributed by atoms with Gasteiger partial charge in [0.25, 0.3) is 5.91 Å². The number of benzene rings is 2. The highest BCUT2D eigenvalue weighted by molar-refractivity contribution is 7.89. The summed E-state index contributed by atoms with van der Waals surface area (Å²) in [5.41, 5.74) is 1.09. The van der Waals surface area contributed by atoms with Gasteiger partial charge in [0.15, 0.2) is 0 Å². The van der Waals surface area contributed by atoms with Gasteiger partial charge >= 0.3 is 0 Å². The van der Waals surface area contributed by atoms with E-state index in [1.807, 2.05) is 0 Å². The second-order valence-corrected chi connectivity index (χ2v) is 8.25. The van der Waals surface area contributed by atoms with Gasteiger partial charge in [-0.05, 0) is 29.8 Å². The maximum absolute atomic E-state index is 13.0. The zero-order valence-corrected chi connectivity index (χ0v) is 16.6. The normalized spacial score (nSPS) is 16.9. The number of primary sulfonamides is 1. The number of hydrogen-bond acceptors (Lipinski definition) is 5. The van der Waals surface area contributed by atoms with Crippen molar-refractivity contribution in [2.24, 2.45) is 5.14 Å². The highest BCUT2D eigenvalue weighted by atomic mass is 32.2. The van der Waals surface area contributed by atoms with Crippen molar-refractivity contribution in [2.75, 3.05) is 4.90 Å². The summed E-state index contributed by atoms with van der Waals surface area (Å²) in [7, 11) is -3.82. The summed E-state index contributed by atoms with van der Waals surface area (Å²) in [5.74, 6) is -1.10. The molecule has 152 valence electrons. The van der Waals surface area contributed by atoms with E-state index in [-0.39, 0.29) is 36.1 Å². The zero-order chi connectivity index (χ0) is 21.2. The van der Waals surface area contributed by atoms with Gasteiger partial charge in [0.1, 0.15) is 6.04 Å². The van der Waals surface area contributed by atoms with E-state index in [1.54, 1.807) is 37.3 Å². The molecule has 3 amide bonds. The SMILES string of the molecule is CCC(=O)N(Cc1ccc(S(N)(=O)=O)cc1)C1CC(=O)N(c2ccccc2)C1=O. The molecule has 0 aromatic heterocycles. The first-order chi connectivity index (χ1) is 13.7. The molecule has 0 radical (unpaired) electrons. The van der Waals surface area contributed by atoms with Crippen molar-refractivity contribution >= 4 is 33.4 Å². The predicted molar refractivity (Wildman–Crippen MR) is 106 cm³/mol. The van der Waals surface area contributed by atoms with Crippen molar-refractivity contribution in [3.63, 3.8) is 0 Å². The van der Waals surface area contributed by atoms with Crippen LogP contribution in [-0.2, 0) is 31.0 Å². The third-order valence-electron chi connectivity index (χ3n) is 4.74. The van der Waals surface area contributed by atoms with E-state index >= 15 is 0 Å². The van der Waals surface area contributed by atoms with Gasteiger partial charge in [-0.25, -0.2) is 18.5 Å². The molecular weight excluding hydrogens is 394 g/mol. The number of nitrogens with zero attached hydrogens (tertiary/aromatic N) is 2. The monoisotopic (exact) mass is 415 g/mol. The van der Waals surface area contributed by atoms with Crippen LogP contribution in [0.4, 0.5) is 5.69 Å². The van der Waals surface area contributed by atoms with Gasteiger partial charge in [0, 0.05) is 13.0 Å². The van der Waals surface area contributed by atoms with E-state index in [9.17, 15) is 22.8 Å². The number of imide groups is 1. The minimum Gasteiger partial charge on any atom is -0.326 e. The topological polar surface area (TPSA) is 118 Å². The number of para-hydroxylation sites is 1. The number of carbonyl (C=O) groups is 3. The van der Waals surface area contributed by atoms with Crippen LogP contribution >= 0.6 is 0 Å². The summed E-state index contributed by atoms with van der Waals surface area (Å²) in [6, 6.07) is 13.4. The molecule has 3 rings (SSSR count). The first-order valence-electron chi connectivity index (χ1n) is 9.05. The standard InChI is InChI=1S/C20H21N3O5S/c1-2-18(24)22(13-14-8-10-16(11-9-14)29(21,27)28)17-12-19(25)23(20(17)26)15-6-4-3-5-7-15/h3-11,17H,2,12-13H2,1H3,(H2,21,27,28). The highest BCUT2D eigenvalue weighted by Crippen LogP contribution is 2.27. The van der Waals surface area contributed by atoms with Gasteiger partial charge in [0.2, 0.25) is 21.8 Å². The van der Waals surface area contributed by atoms with E-state index in [0.717, 1.165) is 4.90 Å². The molecule has 1 unspecified atom stereocenters. The van der Waals surface area contributed by atoms with Crippen LogP contribution < -0.4 is 10.0 Å². The van der Waals surface area contributed by atoms with Crippen LogP contribution in [0, 0.1) is 0 Å². The molecule has 29 heavy (non-hydrogen) atoms. The Bertz CT molecular complexity index is 1040. The van der Waals surface area contributed by atoms with Crippen LogP contribution in [0.3, 0.4) is 0 Å². The van der Waals surface area contributed by atoms with E-state index in [2.05, 4.69) is 0 Å². The highest BCUT2D eigenvalue weighted by Gasteiger charge is 2.44. The Balaban J connectivity index is 1.87. The molecular formula is C20H21N3O5S. The van der Waals surface area contributed by atoms with Crippen molar-refractivity contribution in [3.05, 3.63) is 60.2 Å². The lowest BCUT2D eigenvalue weighted by molar-refractivity contribution is -0.138. The van der Waals surface area contributed by atoms with E-state index in [4.69, 9.17) is 5.14 Å². The fourth-order valence-electron chi connectivity index (χ4n) is 3.26. The Morgan fingerprint density at radius 1 is 1.10 bits per heavy atom. The van der Waals surface area contributed by atoms with Gasteiger partial charge in [-0.1, -0.05) is 37.3 Å². The fourth-order valence-corrected chi connectivity index (χ4v) is 3.78. The molecule has 1 atom stereocenters. The quantitative estimate of drug-likeness (QED) is 0.716. The zero-order valence-electron chi connectivity index (χ0n) is 15.8. The molecule has 1 saturated heterocycles. The molecule has 8 nitrogen and oxygen atoms in total. The van der Waals surface area contributed by atoms with E-state index in [0.29, 0.717) is 11.3 Å². The average molecular weight is 415 g/mol. The molecule has 0 spiro atoms. The first-order valence-corrected chi connectivity index (χ1v) is 10.6. The van der Waals surface area contributed by atoms with Gasteiger partial charge in [-0.3, -0.25) is 14.4 Å². The predicted octanol–water partition coefficient (Wildman–Crippen LogP) is 1.40. The molecule has 0 aliphatic carbocycles. The second kappa shape index (κ2) is 8.14. The maximum atomic E-state index is 13.0. The van der Waals surface area contributed by atoms with Crippen molar-refractivity contribution < 1.29 is 22.8 Å². The van der Waals surface area contributed by atoms with E-state index in [1.165, 1.54) is 29.2 Å². The average Bonchev–Trinajstić information content (AvgIpc) is 2.99. The molecule has 1 fully saturated rings. The van der Waals surface area contributed by atoms with Crippen LogP contribution in [0.15, 0.2) is 59.5 Å². The number of nitrogens with two attached hydrogens (primary N) is 1. The van der Waals surface area contributed by atoms with Gasteiger partial charge in [-0.15, -0.1) is 0 Å². The number of hydrogen-bond donors (Lipinski definition) is 1. The minimum absolute atomic E-state index is 0.0445. The summed E-state index contributed by atoms with van der Waals surface area (Å²) in [6.45, 7) is 1.75. The Morgan fingerprint density at radius 2 is 1.72 bits per heavy atom. The van der Waals surface area contributed by atoms with Gasteiger partial charge in [0.05, 0.1) is 17.0 Å². The summed E-state index contributed by atoms with van der Waals surface area (Å²) in [6.07, 6.45) is 0.0628. The Kier molecular flexibility index (Phi) is 5.81. The van der Waals surface area contributed by atoms with Gasteiger partial charge in [-0.2, -0.15) is 0 Å². The Morgan fingerprint density at radius 3 is 2.28 bits per heavy atom. The molecule has 9 heteroatoms. The number of carbonyl (C=O) groups excluding carboxylic acids is 3. The van der Waals surface area contributed by atoms with Crippen LogP contribution in [0.1, 0.15) is 25.3 Å². The van der Waals surface area contributed by atoms with E-state index < -0.39 is 22.0 Å². The van der Waals surface area contributed by atoms with Crippen molar-refractivity contribution in [1.82, 2.24) is 4.90 Å². The summed E-state index contributed by atoms with van der Waals surface area (Å²) in [4.78, 5) is 40.5. The number of sulfonamides is 1. The molecule has 1 aliphatic rings. The lowest BCUT2D eigenvalue weighted by Gasteiger charge is -2.27. The molecule has 0 saturated carbocycles. The largest absolute Gasteiger partial charge is 0.326 e. The molecule has 2 aromatic rings. The molecule has 2 aromatic carbocycles. The molecule has 1 heterocycles. The van der Waals surface area contributed by atoms with Crippen molar-refractivity contribution in [2.45, 2.75) is 37.2 Å².